The lowest BCUT2D eigenvalue weighted by atomic mass is 10.3. The van der Waals surface area contributed by atoms with Gasteiger partial charge in [-0.2, -0.15) is 0 Å². The molecule has 0 aromatic carbocycles. The number of hydrogen-bond donors (Lipinski definition) is 1. The zero-order valence-electron chi connectivity index (χ0n) is 7.20. The second-order valence-corrected chi connectivity index (χ2v) is 2.82. The van der Waals surface area contributed by atoms with Gasteiger partial charge in [0.25, 0.3) is 0 Å². The van der Waals surface area contributed by atoms with Gasteiger partial charge in [0, 0.05) is 19.4 Å². The number of nitrogens with zero attached hydrogens (tertiary/aromatic N) is 2. The van der Waals surface area contributed by atoms with Crippen molar-refractivity contribution in [3.05, 3.63) is 30.1 Å². The first kappa shape index (κ1) is 7.16. The van der Waals surface area contributed by atoms with Crippen LogP contribution in [0.5, 0.6) is 0 Å². The van der Waals surface area contributed by atoms with E-state index in [1.54, 1.807) is 6.20 Å². The molecule has 0 radical (unpaired) electrons. The third kappa shape index (κ3) is 0.942. The van der Waals surface area contributed by atoms with E-state index in [0.29, 0.717) is 0 Å². The van der Waals surface area contributed by atoms with Crippen LogP contribution in [0.25, 0.3) is 5.65 Å². The van der Waals surface area contributed by atoms with Crippen molar-refractivity contribution in [3.8, 4) is 0 Å². The lowest BCUT2D eigenvalue weighted by Gasteiger charge is -2.04. The van der Waals surface area contributed by atoms with Crippen molar-refractivity contribution in [1.29, 1.82) is 0 Å². The minimum atomic E-state index is 0.986. The minimum absolute atomic E-state index is 0.986. The molecular formula is C9H11N3. The highest BCUT2D eigenvalue weighted by molar-refractivity contribution is 5.52. The molecule has 3 nitrogen and oxygen atoms in total. The molecule has 0 aliphatic carbocycles. The molecule has 2 aromatic rings. The smallest absolute Gasteiger partial charge is 0.138 e. The van der Waals surface area contributed by atoms with Crippen LogP contribution >= 0.6 is 0 Å². The maximum absolute atomic E-state index is 4.21. The average Bonchev–Trinajstić information content (AvgIpc) is 2.50. The van der Waals surface area contributed by atoms with Gasteiger partial charge < -0.3 is 5.32 Å². The first-order chi connectivity index (χ1) is 5.81. The summed E-state index contributed by atoms with van der Waals surface area (Å²) in [4.78, 5) is 4.21. The fourth-order valence-corrected chi connectivity index (χ4v) is 1.35. The van der Waals surface area contributed by atoms with Gasteiger partial charge in [0.05, 0.1) is 0 Å². The van der Waals surface area contributed by atoms with E-state index in [0.717, 1.165) is 11.5 Å². The molecule has 2 aromatic heterocycles. The average molecular weight is 161 g/mol. The monoisotopic (exact) mass is 161 g/mol. The summed E-state index contributed by atoms with van der Waals surface area (Å²) in [6, 6.07) is 4.15. The summed E-state index contributed by atoms with van der Waals surface area (Å²) in [7, 11) is 1.91. The van der Waals surface area contributed by atoms with Crippen LogP contribution in [0.3, 0.4) is 0 Å². The fraction of sp³-hybridized carbons (Fsp3) is 0.222. The van der Waals surface area contributed by atoms with Crippen molar-refractivity contribution in [3.63, 3.8) is 0 Å². The maximum Gasteiger partial charge on any atom is 0.138 e. The van der Waals surface area contributed by atoms with Crippen molar-refractivity contribution >= 4 is 11.5 Å². The molecule has 1 N–H and O–H groups in total. The van der Waals surface area contributed by atoms with Crippen molar-refractivity contribution in [2.24, 2.45) is 0 Å². The van der Waals surface area contributed by atoms with E-state index in [1.165, 1.54) is 5.56 Å². The van der Waals surface area contributed by atoms with E-state index < -0.39 is 0 Å². The first-order valence-electron chi connectivity index (χ1n) is 3.93. The number of aryl methyl sites for hydroxylation is 1. The third-order valence-corrected chi connectivity index (χ3v) is 1.91. The summed E-state index contributed by atoms with van der Waals surface area (Å²) in [5, 5.41) is 3.12. The van der Waals surface area contributed by atoms with Gasteiger partial charge >= 0.3 is 0 Å². The second-order valence-electron chi connectivity index (χ2n) is 2.82. The Bertz CT molecular complexity index is 403. The number of fused-ring (bicyclic) bond motifs is 1. The van der Waals surface area contributed by atoms with Crippen LogP contribution in [0, 0.1) is 6.92 Å². The molecule has 0 atom stereocenters. The molecular weight excluding hydrogens is 150 g/mol. The Morgan fingerprint density at radius 2 is 2.25 bits per heavy atom. The fourth-order valence-electron chi connectivity index (χ4n) is 1.35. The van der Waals surface area contributed by atoms with Crippen molar-refractivity contribution in [2.75, 3.05) is 12.4 Å². The van der Waals surface area contributed by atoms with Gasteiger partial charge in [-0.05, 0) is 24.6 Å². The standard InChI is InChI=1S/C9H11N3/c1-7-5-8(10-2)12-4-3-11-9(12)6-7/h3-6,10H,1-2H3. The largest absolute Gasteiger partial charge is 0.374 e. The molecule has 0 saturated carbocycles. The summed E-state index contributed by atoms with van der Waals surface area (Å²) < 4.78 is 2.02. The zero-order chi connectivity index (χ0) is 8.55. The topological polar surface area (TPSA) is 29.3 Å². The molecule has 0 bridgehead atoms. The Hall–Kier alpha value is -1.51. The molecule has 12 heavy (non-hydrogen) atoms. The van der Waals surface area contributed by atoms with Crippen LogP contribution in [0.15, 0.2) is 24.5 Å². The number of rotatable bonds is 1. The SMILES string of the molecule is CNc1cc(C)cc2nccn12. The van der Waals surface area contributed by atoms with Crippen LogP contribution in [-0.2, 0) is 0 Å². The highest BCUT2D eigenvalue weighted by Gasteiger charge is 1.99. The summed E-state index contributed by atoms with van der Waals surface area (Å²) in [6.07, 6.45) is 3.75. The lowest BCUT2D eigenvalue weighted by molar-refractivity contribution is 1.16. The number of imidazole rings is 1. The second kappa shape index (κ2) is 2.52. The van der Waals surface area contributed by atoms with E-state index >= 15 is 0 Å². The summed E-state index contributed by atoms with van der Waals surface area (Å²) in [5.41, 5.74) is 2.21. The quantitative estimate of drug-likeness (QED) is 0.689. The Labute approximate surface area is 71.0 Å². The Morgan fingerprint density at radius 1 is 1.42 bits per heavy atom. The molecule has 0 aliphatic rings. The highest BCUT2D eigenvalue weighted by Crippen LogP contribution is 2.13. The zero-order valence-corrected chi connectivity index (χ0v) is 7.20. The van der Waals surface area contributed by atoms with E-state index in [1.807, 2.05) is 17.6 Å². The molecule has 0 aliphatic heterocycles. The molecule has 2 heterocycles. The van der Waals surface area contributed by atoms with E-state index in [9.17, 15) is 0 Å². The summed E-state index contributed by atoms with van der Waals surface area (Å²) >= 11 is 0. The molecule has 0 unspecified atom stereocenters. The number of pyridine rings is 1. The lowest BCUT2D eigenvalue weighted by Crippen LogP contribution is -1.97. The van der Waals surface area contributed by atoms with E-state index in [-0.39, 0.29) is 0 Å². The van der Waals surface area contributed by atoms with Crippen molar-refractivity contribution in [1.82, 2.24) is 9.38 Å². The van der Waals surface area contributed by atoms with Crippen LogP contribution in [-0.4, -0.2) is 16.4 Å². The van der Waals surface area contributed by atoms with Crippen molar-refractivity contribution < 1.29 is 0 Å². The van der Waals surface area contributed by atoms with Crippen LogP contribution in [0.4, 0.5) is 5.82 Å². The molecule has 62 valence electrons. The number of nitrogens with one attached hydrogen (secondary N) is 1. The minimum Gasteiger partial charge on any atom is -0.374 e. The molecule has 3 heteroatoms. The van der Waals surface area contributed by atoms with Crippen LogP contribution < -0.4 is 5.32 Å². The van der Waals surface area contributed by atoms with Gasteiger partial charge in [-0.3, -0.25) is 4.40 Å². The Morgan fingerprint density at radius 3 is 3.00 bits per heavy atom. The predicted molar refractivity (Wildman–Crippen MR) is 49.5 cm³/mol. The maximum atomic E-state index is 4.21. The van der Waals surface area contributed by atoms with Gasteiger partial charge in [0.1, 0.15) is 11.5 Å². The third-order valence-electron chi connectivity index (χ3n) is 1.91. The molecule has 0 fully saturated rings. The Kier molecular flexibility index (Phi) is 1.50. The van der Waals surface area contributed by atoms with Gasteiger partial charge in [-0.1, -0.05) is 0 Å². The van der Waals surface area contributed by atoms with Gasteiger partial charge in [-0.25, -0.2) is 4.98 Å². The van der Waals surface area contributed by atoms with Gasteiger partial charge in [0.15, 0.2) is 0 Å². The molecule has 0 amide bonds. The number of anilines is 1. The van der Waals surface area contributed by atoms with E-state index in [2.05, 4.69) is 29.4 Å². The van der Waals surface area contributed by atoms with Crippen LogP contribution in [0.2, 0.25) is 0 Å². The van der Waals surface area contributed by atoms with Gasteiger partial charge in [0.2, 0.25) is 0 Å². The number of aromatic nitrogens is 2. The van der Waals surface area contributed by atoms with Crippen LogP contribution in [0.1, 0.15) is 5.56 Å². The highest BCUT2D eigenvalue weighted by atomic mass is 15.1. The number of hydrogen-bond acceptors (Lipinski definition) is 2. The first-order valence-corrected chi connectivity index (χ1v) is 3.93. The molecule has 0 saturated heterocycles. The molecule has 2 rings (SSSR count). The van der Waals surface area contributed by atoms with E-state index in [4.69, 9.17) is 0 Å². The summed E-state index contributed by atoms with van der Waals surface area (Å²) in [6.45, 7) is 2.06. The normalized spacial score (nSPS) is 10.5. The van der Waals surface area contributed by atoms with Crippen molar-refractivity contribution in [2.45, 2.75) is 6.92 Å². The molecule has 0 spiro atoms. The predicted octanol–water partition coefficient (Wildman–Crippen LogP) is 1.68. The van der Waals surface area contributed by atoms with Gasteiger partial charge in [-0.15, -0.1) is 0 Å². The summed E-state index contributed by atoms with van der Waals surface area (Å²) in [5.74, 6) is 1.07. The Balaban J connectivity index is 2.80.